The number of anilines is 2. The Morgan fingerprint density at radius 2 is 1.51 bits per heavy atom. The van der Waals surface area contributed by atoms with E-state index in [1.165, 1.54) is 0 Å². The van der Waals surface area contributed by atoms with Gasteiger partial charge in [0.15, 0.2) is 11.5 Å². The van der Waals surface area contributed by atoms with Gasteiger partial charge in [0.1, 0.15) is 11.5 Å². The Balaban J connectivity index is 1.72. The maximum atomic E-state index is 5.34. The number of nitrogens with one attached hydrogen (secondary N) is 1. The van der Waals surface area contributed by atoms with E-state index in [0.717, 1.165) is 53.4 Å². The second kappa shape index (κ2) is 11.6. The van der Waals surface area contributed by atoms with Crippen LogP contribution in [0, 0.1) is 0 Å². The second-order valence-corrected chi connectivity index (χ2v) is 8.54. The summed E-state index contributed by atoms with van der Waals surface area (Å²) in [6, 6.07) is 16.6. The highest BCUT2D eigenvalue weighted by Crippen LogP contribution is 2.25. The summed E-state index contributed by atoms with van der Waals surface area (Å²) in [4.78, 5) is 11.8. The van der Waals surface area contributed by atoms with E-state index in [0.29, 0.717) is 25.1 Å². The number of aromatic nitrogens is 4. The SMILES string of the molecule is CCC[C@H](CC)Nc1nc(N(Cc2ccc(OC)cc2)Cc2ccc(OC)cc2)c2nccn2n1. The van der Waals surface area contributed by atoms with Gasteiger partial charge in [-0.15, -0.1) is 5.10 Å². The minimum atomic E-state index is 0.324. The van der Waals surface area contributed by atoms with Gasteiger partial charge in [0.05, 0.1) is 14.2 Å². The van der Waals surface area contributed by atoms with Crippen molar-refractivity contribution in [1.82, 2.24) is 19.6 Å². The molecule has 0 saturated heterocycles. The lowest BCUT2D eigenvalue weighted by atomic mass is 10.1. The third-order valence-electron chi connectivity index (χ3n) is 6.06. The number of hydrogen-bond donors (Lipinski definition) is 1. The molecule has 0 aliphatic rings. The topological polar surface area (TPSA) is 76.8 Å². The van der Waals surface area contributed by atoms with Gasteiger partial charge in [-0.25, -0.2) is 9.50 Å². The number of imidazole rings is 1. The van der Waals surface area contributed by atoms with E-state index in [-0.39, 0.29) is 0 Å². The van der Waals surface area contributed by atoms with E-state index >= 15 is 0 Å². The van der Waals surface area contributed by atoms with Crippen molar-refractivity contribution < 1.29 is 9.47 Å². The molecule has 4 rings (SSSR count). The highest BCUT2D eigenvalue weighted by atomic mass is 16.5. The van der Waals surface area contributed by atoms with E-state index in [4.69, 9.17) is 14.5 Å². The molecule has 184 valence electrons. The number of methoxy groups -OCH3 is 2. The molecule has 1 N–H and O–H groups in total. The zero-order chi connectivity index (χ0) is 24.6. The number of fused-ring (bicyclic) bond motifs is 1. The van der Waals surface area contributed by atoms with Gasteiger partial charge in [-0.05, 0) is 48.2 Å². The number of ether oxygens (including phenoxy) is 2. The first kappa shape index (κ1) is 24.3. The zero-order valence-electron chi connectivity index (χ0n) is 20.9. The molecule has 8 nitrogen and oxygen atoms in total. The number of rotatable bonds is 12. The summed E-state index contributed by atoms with van der Waals surface area (Å²) >= 11 is 0. The molecular weight excluding hydrogens is 440 g/mol. The summed E-state index contributed by atoms with van der Waals surface area (Å²) in [6.07, 6.45) is 6.81. The van der Waals surface area contributed by atoms with Crippen LogP contribution < -0.4 is 19.7 Å². The number of hydrogen-bond acceptors (Lipinski definition) is 7. The molecule has 0 saturated carbocycles. The molecule has 0 fully saturated rings. The Kier molecular flexibility index (Phi) is 8.03. The van der Waals surface area contributed by atoms with Gasteiger partial charge in [0.2, 0.25) is 5.95 Å². The fourth-order valence-electron chi connectivity index (χ4n) is 4.10. The summed E-state index contributed by atoms with van der Waals surface area (Å²) in [5.74, 6) is 3.06. The molecule has 0 amide bonds. The second-order valence-electron chi connectivity index (χ2n) is 8.54. The van der Waals surface area contributed by atoms with Crippen LogP contribution in [0.5, 0.6) is 11.5 Å². The van der Waals surface area contributed by atoms with Gasteiger partial charge in [-0.1, -0.05) is 44.5 Å². The summed E-state index contributed by atoms with van der Waals surface area (Å²) in [5.41, 5.74) is 3.02. The average Bonchev–Trinajstić information content (AvgIpc) is 3.37. The molecule has 0 bridgehead atoms. The van der Waals surface area contributed by atoms with E-state index in [1.807, 2.05) is 30.5 Å². The van der Waals surface area contributed by atoms with Crippen LogP contribution in [0.3, 0.4) is 0 Å². The molecule has 0 aliphatic carbocycles. The molecule has 1 atom stereocenters. The maximum Gasteiger partial charge on any atom is 0.243 e. The van der Waals surface area contributed by atoms with E-state index in [2.05, 4.69) is 58.4 Å². The molecule has 0 aliphatic heterocycles. The summed E-state index contributed by atoms with van der Waals surface area (Å²) in [7, 11) is 3.36. The fraction of sp³-hybridized carbons (Fsp3) is 0.370. The first-order chi connectivity index (χ1) is 17.1. The minimum absolute atomic E-state index is 0.324. The lowest BCUT2D eigenvalue weighted by molar-refractivity contribution is 0.414. The maximum absolute atomic E-state index is 5.34. The van der Waals surface area contributed by atoms with Crippen molar-refractivity contribution in [2.45, 2.75) is 52.2 Å². The molecule has 35 heavy (non-hydrogen) atoms. The predicted molar refractivity (Wildman–Crippen MR) is 139 cm³/mol. The van der Waals surface area contributed by atoms with Gasteiger partial charge >= 0.3 is 0 Å². The van der Waals surface area contributed by atoms with Crippen LogP contribution in [0.15, 0.2) is 60.9 Å². The van der Waals surface area contributed by atoms with Crippen LogP contribution in [0.1, 0.15) is 44.2 Å². The van der Waals surface area contributed by atoms with Crippen molar-refractivity contribution in [3.8, 4) is 11.5 Å². The first-order valence-electron chi connectivity index (χ1n) is 12.1. The highest BCUT2D eigenvalue weighted by Gasteiger charge is 2.19. The number of nitrogens with zero attached hydrogens (tertiary/aromatic N) is 5. The van der Waals surface area contributed by atoms with Crippen molar-refractivity contribution >= 4 is 17.4 Å². The molecule has 2 heterocycles. The molecule has 2 aromatic carbocycles. The van der Waals surface area contributed by atoms with Gasteiger partial charge in [-0.2, -0.15) is 4.98 Å². The summed E-state index contributed by atoms with van der Waals surface area (Å²) in [6.45, 7) is 5.69. The van der Waals surface area contributed by atoms with Crippen LogP contribution in [0.4, 0.5) is 11.8 Å². The molecular formula is C27H34N6O2. The summed E-state index contributed by atoms with van der Waals surface area (Å²) < 4.78 is 12.5. The quantitative estimate of drug-likeness (QED) is 0.297. The van der Waals surface area contributed by atoms with Crippen LogP contribution >= 0.6 is 0 Å². The Labute approximate surface area is 206 Å². The molecule has 8 heteroatoms. The summed E-state index contributed by atoms with van der Waals surface area (Å²) in [5, 5.41) is 8.21. The van der Waals surface area contributed by atoms with Crippen LogP contribution in [0.25, 0.3) is 5.65 Å². The van der Waals surface area contributed by atoms with E-state index < -0.39 is 0 Å². The van der Waals surface area contributed by atoms with E-state index in [9.17, 15) is 0 Å². The smallest absolute Gasteiger partial charge is 0.243 e. The Morgan fingerprint density at radius 1 is 0.914 bits per heavy atom. The van der Waals surface area contributed by atoms with Crippen molar-refractivity contribution in [2.75, 3.05) is 24.4 Å². The van der Waals surface area contributed by atoms with E-state index in [1.54, 1.807) is 24.9 Å². The third-order valence-corrected chi connectivity index (χ3v) is 6.06. The van der Waals surface area contributed by atoms with Gasteiger partial charge in [0, 0.05) is 31.5 Å². The van der Waals surface area contributed by atoms with Crippen molar-refractivity contribution in [2.24, 2.45) is 0 Å². The first-order valence-corrected chi connectivity index (χ1v) is 12.1. The average molecular weight is 475 g/mol. The van der Waals surface area contributed by atoms with Gasteiger partial charge in [0.25, 0.3) is 0 Å². The van der Waals surface area contributed by atoms with Crippen molar-refractivity contribution in [1.29, 1.82) is 0 Å². The largest absolute Gasteiger partial charge is 0.497 e. The van der Waals surface area contributed by atoms with Crippen molar-refractivity contribution in [3.63, 3.8) is 0 Å². The Hall–Kier alpha value is -3.81. The van der Waals surface area contributed by atoms with Crippen molar-refractivity contribution in [3.05, 3.63) is 72.1 Å². The normalized spacial score (nSPS) is 11.9. The van der Waals surface area contributed by atoms with Crippen LogP contribution in [-0.4, -0.2) is 39.8 Å². The minimum Gasteiger partial charge on any atom is -0.497 e. The third kappa shape index (κ3) is 6.01. The lowest BCUT2D eigenvalue weighted by Gasteiger charge is -2.25. The molecule has 0 spiro atoms. The molecule has 2 aromatic heterocycles. The zero-order valence-corrected chi connectivity index (χ0v) is 20.9. The number of benzene rings is 2. The standard InChI is InChI=1S/C27H34N6O2/c1-5-7-22(6-2)29-27-30-26(25-28-16-17-33(25)31-27)32(18-20-8-12-23(34-3)13-9-20)19-21-10-14-24(35-4)15-11-21/h8-17,22H,5-7,18-19H2,1-4H3,(H,29,31)/t22-/m0/s1. The monoisotopic (exact) mass is 474 g/mol. The molecule has 4 aromatic rings. The fourth-order valence-corrected chi connectivity index (χ4v) is 4.10. The highest BCUT2D eigenvalue weighted by molar-refractivity contribution is 5.65. The predicted octanol–water partition coefficient (Wildman–Crippen LogP) is 5.34. The Bertz CT molecular complexity index is 1160. The van der Waals surface area contributed by atoms with Gasteiger partial charge in [-0.3, -0.25) is 0 Å². The lowest BCUT2D eigenvalue weighted by Crippen LogP contribution is -2.26. The molecule has 0 unspecified atom stereocenters. The van der Waals surface area contributed by atoms with Crippen LogP contribution in [0.2, 0.25) is 0 Å². The van der Waals surface area contributed by atoms with Gasteiger partial charge < -0.3 is 19.7 Å². The Morgan fingerprint density at radius 3 is 2.03 bits per heavy atom. The molecule has 0 radical (unpaired) electrons. The van der Waals surface area contributed by atoms with Crippen LogP contribution in [-0.2, 0) is 13.1 Å².